The highest BCUT2D eigenvalue weighted by Gasteiger charge is 2.49. The lowest BCUT2D eigenvalue weighted by Crippen LogP contribution is -2.65. The van der Waals surface area contributed by atoms with Gasteiger partial charge in [-0.15, -0.1) is 0 Å². The van der Waals surface area contributed by atoms with Crippen LogP contribution in [-0.4, -0.2) is 48.7 Å². The Balaban J connectivity index is 1.17. The Hall–Kier alpha value is -4.00. The standard InChI is InChI=1S/C28H28N4O3/c1-28-19-24(23-9-5-6-10-25(23)35-28)29-27(34)32(28)22-13-11-20(12-14-22)26(33)31-17-15-30(16-18-31)21-7-3-2-4-8-21/h2-14,24H,15-19H2,1H3,(H,29,34). The molecule has 7 heteroatoms. The summed E-state index contributed by atoms with van der Waals surface area (Å²) >= 11 is 0. The fourth-order valence-electron chi connectivity index (χ4n) is 5.46. The number of amides is 3. The second-order valence-corrected chi connectivity index (χ2v) is 9.52. The van der Waals surface area contributed by atoms with E-state index < -0.39 is 5.72 Å². The van der Waals surface area contributed by atoms with Crippen molar-refractivity contribution in [2.75, 3.05) is 36.0 Å². The monoisotopic (exact) mass is 468 g/mol. The summed E-state index contributed by atoms with van der Waals surface area (Å²) in [6.07, 6.45) is 0.641. The number of hydrogen-bond acceptors (Lipinski definition) is 4. The first-order chi connectivity index (χ1) is 17.0. The van der Waals surface area contributed by atoms with E-state index in [4.69, 9.17) is 4.74 Å². The lowest BCUT2D eigenvalue weighted by atomic mass is 9.90. The van der Waals surface area contributed by atoms with Gasteiger partial charge in [0.15, 0.2) is 5.72 Å². The normalized spacial score (nSPS) is 23.3. The zero-order chi connectivity index (χ0) is 24.0. The number of para-hydroxylation sites is 2. The number of anilines is 2. The van der Waals surface area contributed by atoms with Gasteiger partial charge in [-0.2, -0.15) is 0 Å². The quantitative estimate of drug-likeness (QED) is 0.618. The van der Waals surface area contributed by atoms with Gasteiger partial charge in [-0.05, 0) is 49.4 Å². The first kappa shape index (κ1) is 21.5. The van der Waals surface area contributed by atoms with Gasteiger partial charge in [-0.1, -0.05) is 36.4 Å². The molecule has 0 aromatic heterocycles. The summed E-state index contributed by atoms with van der Waals surface area (Å²) in [6, 6.07) is 25.1. The van der Waals surface area contributed by atoms with Crippen LogP contribution in [0.1, 0.15) is 35.3 Å². The van der Waals surface area contributed by atoms with Crippen molar-refractivity contribution in [1.29, 1.82) is 0 Å². The summed E-state index contributed by atoms with van der Waals surface area (Å²) in [5.74, 6) is 0.805. The maximum absolute atomic E-state index is 13.2. The number of ether oxygens (including phenoxy) is 1. The maximum atomic E-state index is 13.2. The fraction of sp³-hybridized carbons (Fsp3) is 0.286. The van der Waals surface area contributed by atoms with E-state index in [9.17, 15) is 9.59 Å². The number of nitrogens with one attached hydrogen (secondary N) is 1. The third-order valence-corrected chi connectivity index (χ3v) is 7.24. The molecule has 2 fully saturated rings. The number of carbonyl (C=O) groups is 2. The zero-order valence-corrected chi connectivity index (χ0v) is 19.7. The average Bonchev–Trinajstić information content (AvgIpc) is 2.89. The molecule has 2 unspecified atom stereocenters. The van der Waals surface area contributed by atoms with E-state index in [1.807, 2.05) is 66.4 Å². The largest absolute Gasteiger partial charge is 0.467 e. The Morgan fingerprint density at radius 3 is 2.31 bits per heavy atom. The lowest BCUT2D eigenvalue weighted by Gasteiger charge is -2.50. The highest BCUT2D eigenvalue weighted by atomic mass is 16.5. The van der Waals surface area contributed by atoms with Crippen LogP contribution in [0.15, 0.2) is 78.9 Å². The molecule has 2 atom stereocenters. The first-order valence-electron chi connectivity index (χ1n) is 12.1. The van der Waals surface area contributed by atoms with Crippen molar-refractivity contribution in [2.24, 2.45) is 0 Å². The van der Waals surface area contributed by atoms with E-state index in [0.29, 0.717) is 30.8 Å². The molecule has 3 amide bonds. The second-order valence-electron chi connectivity index (χ2n) is 9.52. The Morgan fingerprint density at radius 2 is 1.57 bits per heavy atom. The van der Waals surface area contributed by atoms with Gasteiger partial charge in [-0.3, -0.25) is 9.69 Å². The van der Waals surface area contributed by atoms with Gasteiger partial charge in [0.05, 0.1) is 6.04 Å². The van der Waals surface area contributed by atoms with Crippen LogP contribution in [0.5, 0.6) is 5.75 Å². The van der Waals surface area contributed by atoms with Gasteiger partial charge in [0.2, 0.25) is 0 Å². The molecule has 1 N–H and O–H groups in total. The van der Waals surface area contributed by atoms with E-state index in [0.717, 1.165) is 24.4 Å². The molecule has 3 heterocycles. The van der Waals surface area contributed by atoms with Crippen molar-refractivity contribution in [1.82, 2.24) is 10.2 Å². The van der Waals surface area contributed by atoms with Crippen LogP contribution in [0.25, 0.3) is 0 Å². The van der Waals surface area contributed by atoms with Gasteiger partial charge in [0.1, 0.15) is 5.75 Å². The van der Waals surface area contributed by atoms with Gasteiger partial charge in [0, 0.05) is 55.1 Å². The molecule has 7 nitrogen and oxygen atoms in total. The SMILES string of the molecule is CC12CC(NC(=O)N1c1ccc(C(=O)N3CCN(c4ccccc4)CC3)cc1)c1ccccc1O2. The number of nitrogens with zero attached hydrogens (tertiary/aromatic N) is 3. The number of fused-ring (bicyclic) bond motifs is 4. The molecule has 2 saturated heterocycles. The van der Waals surface area contributed by atoms with Crippen LogP contribution in [0.2, 0.25) is 0 Å². The van der Waals surface area contributed by atoms with Crippen molar-refractivity contribution in [2.45, 2.75) is 25.1 Å². The minimum atomic E-state index is -0.805. The van der Waals surface area contributed by atoms with Crippen LogP contribution in [0.3, 0.4) is 0 Å². The minimum Gasteiger partial charge on any atom is -0.467 e. The maximum Gasteiger partial charge on any atom is 0.325 e. The third kappa shape index (κ3) is 3.77. The Morgan fingerprint density at radius 1 is 0.886 bits per heavy atom. The highest BCUT2D eigenvalue weighted by Crippen LogP contribution is 2.45. The van der Waals surface area contributed by atoms with Gasteiger partial charge >= 0.3 is 6.03 Å². The van der Waals surface area contributed by atoms with E-state index in [2.05, 4.69) is 22.3 Å². The van der Waals surface area contributed by atoms with E-state index in [-0.39, 0.29) is 18.0 Å². The van der Waals surface area contributed by atoms with E-state index in [1.54, 1.807) is 17.0 Å². The average molecular weight is 469 g/mol. The van der Waals surface area contributed by atoms with Crippen LogP contribution < -0.4 is 19.9 Å². The first-order valence-corrected chi connectivity index (χ1v) is 12.1. The second kappa shape index (κ2) is 8.34. The summed E-state index contributed by atoms with van der Waals surface area (Å²) in [5, 5.41) is 3.11. The van der Waals surface area contributed by atoms with Crippen molar-refractivity contribution >= 4 is 23.3 Å². The predicted molar refractivity (Wildman–Crippen MR) is 135 cm³/mol. The fourth-order valence-corrected chi connectivity index (χ4v) is 5.46. The Kier molecular flexibility index (Phi) is 5.13. The van der Waals surface area contributed by atoms with E-state index in [1.165, 1.54) is 5.69 Å². The summed E-state index contributed by atoms with van der Waals surface area (Å²) in [4.78, 5) is 32.1. The molecule has 3 aliphatic rings. The van der Waals surface area contributed by atoms with Gasteiger partial charge < -0.3 is 19.9 Å². The smallest absolute Gasteiger partial charge is 0.325 e. The lowest BCUT2D eigenvalue weighted by molar-refractivity contribution is 0.0379. The molecule has 0 saturated carbocycles. The third-order valence-electron chi connectivity index (χ3n) is 7.24. The Bertz CT molecular complexity index is 1250. The number of urea groups is 1. The van der Waals surface area contributed by atoms with Gasteiger partial charge in [-0.25, -0.2) is 4.79 Å². The molecule has 0 aliphatic carbocycles. The molecule has 0 spiro atoms. The van der Waals surface area contributed by atoms with E-state index >= 15 is 0 Å². The summed E-state index contributed by atoms with van der Waals surface area (Å²) in [7, 11) is 0. The number of benzene rings is 3. The van der Waals surface area contributed by atoms with Crippen LogP contribution in [-0.2, 0) is 0 Å². The topological polar surface area (TPSA) is 65.1 Å². The van der Waals surface area contributed by atoms with Crippen molar-refractivity contribution in [3.63, 3.8) is 0 Å². The highest BCUT2D eigenvalue weighted by molar-refractivity contribution is 5.97. The molecule has 6 rings (SSSR count). The summed E-state index contributed by atoms with van der Waals surface area (Å²) in [5.41, 5.74) is 2.71. The van der Waals surface area contributed by atoms with Crippen LogP contribution >= 0.6 is 0 Å². The Labute approximate surface area is 204 Å². The van der Waals surface area contributed by atoms with Crippen LogP contribution in [0.4, 0.5) is 16.2 Å². The molecule has 35 heavy (non-hydrogen) atoms. The molecule has 3 aliphatic heterocycles. The number of rotatable bonds is 3. The predicted octanol–water partition coefficient (Wildman–Crippen LogP) is 4.42. The number of piperazine rings is 1. The zero-order valence-electron chi connectivity index (χ0n) is 19.7. The molecule has 3 aromatic rings. The molecular weight excluding hydrogens is 440 g/mol. The molecule has 2 bridgehead atoms. The van der Waals surface area contributed by atoms with Crippen LogP contribution in [0, 0.1) is 0 Å². The van der Waals surface area contributed by atoms with Crippen molar-refractivity contribution in [3.05, 3.63) is 90.0 Å². The molecular formula is C28H28N4O3. The van der Waals surface area contributed by atoms with Crippen molar-refractivity contribution in [3.8, 4) is 5.75 Å². The summed E-state index contributed by atoms with van der Waals surface area (Å²) < 4.78 is 6.33. The molecule has 0 radical (unpaired) electrons. The minimum absolute atomic E-state index is 0.0153. The summed E-state index contributed by atoms with van der Waals surface area (Å²) in [6.45, 7) is 4.91. The van der Waals surface area contributed by atoms with Crippen molar-refractivity contribution < 1.29 is 14.3 Å². The molecule has 178 valence electrons. The molecule has 3 aromatic carbocycles. The number of hydrogen-bond donors (Lipinski definition) is 1. The van der Waals surface area contributed by atoms with Gasteiger partial charge in [0.25, 0.3) is 5.91 Å². The number of carbonyl (C=O) groups excluding carboxylic acids is 2.